The van der Waals surface area contributed by atoms with E-state index in [1.165, 1.54) is 5.56 Å². The summed E-state index contributed by atoms with van der Waals surface area (Å²) in [4.78, 5) is 12.1. The van der Waals surface area contributed by atoms with Gasteiger partial charge in [0, 0.05) is 6.54 Å². The Bertz CT molecular complexity index is 725. The predicted octanol–water partition coefficient (Wildman–Crippen LogP) is 4.08. The van der Waals surface area contributed by atoms with Gasteiger partial charge < -0.3 is 14.8 Å². The Morgan fingerprint density at radius 2 is 1.92 bits per heavy atom. The third-order valence-electron chi connectivity index (χ3n) is 4.06. The minimum Gasteiger partial charge on any atom is -0.496 e. The summed E-state index contributed by atoms with van der Waals surface area (Å²) in [6, 6.07) is 14.0. The average molecular weight is 355 g/mol. The van der Waals surface area contributed by atoms with E-state index < -0.39 is 0 Å². The molecule has 0 unspecified atom stereocenters. The molecule has 4 nitrogen and oxygen atoms in total. The quantitative estimate of drug-likeness (QED) is 0.690. The lowest BCUT2D eigenvalue weighted by atomic mass is 10.1. The third-order valence-corrected chi connectivity index (χ3v) is 4.06. The normalized spacial score (nSPS) is 10.7. The van der Waals surface area contributed by atoms with Crippen molar-refractivity contribution >= 4 is 5.91 Å². The molecular weight excluding hydrogens is 326 g/mol. The van der Waals surface area contributed by atoms with Gasteiger partial charge in [0.1, 0.15) is 11.5 Å². The van der Waals surface area contributed by atoms with Crippen LogP contribution in [-0.4, -0.2) is 25.7 Å². The highest BCUT2D eigenvalue weighted by atomic mass is 16.5. The number of benzene rings is 2. The van der Waals surface area contributed by atoms with E-state index in [9.17, 15) is 4.79 Å². The molecule has 0 aliphatic carbocycles. The van der Waals surface area contributed by atoms with Crippen LogP contribution < -0.4 is 14.8 Å². The highest BCUT2D eigenvalue weighted by molar-refractivity contribution is 5.78. The summed E-state index contributed by atoms with van der Waals surface area (Å²) in [7, 11) is 1.65. The molecule has 0 aromatic heterocycles. The van der Waals surface area contributed by atoms with Crippen LogP contribution in [-0.2, 0) is 17.6 Å². The van der Waals surface area contributed by atoms with Gasteiger partial charge in [-0.1, -0.05) is 24.3 Å². The molecule has 0 spiro atoms. The Labute approximate surface area is 156 Å². The van der Waals surface area contributed by atoms with E-state index in [1.54, 1.807) is 7.11 Å². The predicted molar refractivity (Wildman–Crippen MR) is 105 cm³/mol. The first-order valence-corrected chi connectivity index (χ1v) is 9.13. The van der Waals surface area contributed by atoms with Crippen molar-refractivity contribution in [1.29, 1.82) is 0 Å². The second-order valence-electron chi connectivity index (χ2n) is 6.75. The van der Waals surface area contributed by atoms with Gasteiger partial charge in [0.25, 0.3) is 0 Å². The number of methoxy groups -OCH3 is 1. The number of ether oxygens (including phenoxy) is 2. The maximum atomic E-state index is 12.1. The van der Waals surface area contributed by atoms with Crippen LogP contribution in [0.3, 0.4) is 0 Å². The molecule has 140 valence electrons. The molecule has 0 saturated carbocycles. The molecule has 4 heteroatoms. The minimum atomic E-state index is 0.0476. The fourth-order valence-corrected chi connectivity index (χ4v) is 2.87. The first-order chi connectivity index (χ1) is 12.5. The molecule has 2 aromatic rings. The molecule has 0 saturated heterocycles. The number of carbonyl (C=O) groups is 1. The Morgan fingerprint density at radius 1 is 1.12 bits per heavy atom. The van der Waals surface area contributed by atoms with Crippen molar-refractivity contribution in [2.75, 3.05) is 13.7 Å². The molecule has 2 rings (SSSR count). The van der Waals surface area contributed by atoms with Gasteiger partial charge in [-0.05, 0) is 68.5 Å². The van der Waals surface area contributed by atoms with Crippen LogP contribution in [0, 0.1) is 6.92 Å². The van der Waals surface area contributed by atoms with Crippen LogP contribution in [0.15, 0.2) is 42.5 Å². The van der Waals surface area contributed by atoms with Crippen molar-refractivity contribution in [3.8, 4) is 11.5 Å². The Kier molecular flexibility index (Phi) is 7.52. The van der Waals surface area contributed by atoms with Crippen molar-refractivity contribution < 1.29 is 14.3 Å². The van der Waals surface area contributed by atoms with E-state index in [0.717, 1.165) is 35.5 Å². The van der Waals surface area contributed by atoms with E-state index in [4.69, 9.17) is 9.47 Å². The SMILES string of the molecule is COc1ccc(CC(=O)NCCCc2cccc(OC(C)C)c2)cc1C. The number of amides is 1. The van der Waals surface area contributed by atoms with Crippen LogP contribution in [0.4, 0.5) is 0 Å². The number of hydrogen-bond donors (Lipinski definition) is 1. The fourth-order valence-electron chi connectivity index (χ4n) is 2.87. The number of rotatable bonds is 9. The lowest BCUT2D eigenvalue weighted by Gasteiger charge is -2.11. The van der Waals surface area contributed by atoms with Gasteiger partial charge >= 0.3 is 0 Å². The second-order valence-corrected chi connectivity index (χ2v) is 6.75. The van der Waals surface area contributed by atoms with E-state index >= 15 is 0 Å². The molecular formula is C22H29NO3. The number of carbonyl (C=O) groups excluding carboxylic acids is 1. The highest BCUT2D eigenvalue weighted by Crippen LogP contribution is 2.19. The molecule has 0 aliphatic rings. The summed E-state index contributed by atoms with van der Waals surface area (Å²) in [6.45, 7) is 6.69. The Morgan fingerprint density at radius 3 is 2.62 bits per heavy atom. The van der Waals surface area contributed by atoms with Crippen LogP contribution in [0.2, 0.25) is 0 Å². The van der Waals surface area contributed by atoms with Gasteiger partial charge in [-0.2, -0.15) is 0 Å². The smallest absolute Gasteiger partial charge is 0.224 e. The first kappa shape index (κ1) is 19.8. The molecule has 1 N–H and O–H groups in total. The maximum Gasteiger partial charge on any atom is 0.224 e. The van der Waals surface area contributed by atoms with Gasteiger partial charge in [0.15, 0.2) is 0 Å². The van der Waals surface area contributed by atoms with Crippen LogP contribution in [0.25, 0.3) is 0 Å². The lowest BCUT2D eigenvalue weighted by molar-refractivity contribution is -0.120. The zero-order valence-electron chi connectivity index (χ0n) is 16.2. The summed E-state index contributed by atoms with van der Waals surface area (Å²) in [5, 5.41) is 2.99. The van der Waals surface area contributed by atoms with Gasteiger partial charge in [-0.25, -0.2) is 0 Å². The summed E-state index contributed by atoms with van der Waals surface area (Å²) >= 11 is 0. The van der Waals surface area contributed by atoms with Gasteiger partial charge in [-0.15, -0.1) is 0 Å². The molecule has 0 bridgehead atoms. The van der Waals surface area contributed by atoms with Crippen molar-refractivity contribution in [2.24, 2.45) is 0 Å². The third kappa shape index (κ3) is 6.43. The Balaban J connectivity index is 1.74. The van der Waals surface area contributed by atoms with Gasteiger partial charge in [-0.3, -0.25) is 4.79 Å². The topological polar surface area (TPSA) is 47.6 Å². The summed E-state index contributed by atoms with van der Waals surface area (Å²) in [5.74, 6) is 1.79. The van der Waals surface area contributed by atoms with E-state index in [0.29, 0.717) is 13.0 Å². The molecule has 0 aliphatic heterocycles. The van der Waals surface area contributed by atoms with Crippen molar-refractivity contribution in [3.05, 3.63) is 59.2 Å². The molecule has 2 aromatic carbocycles. The number of hydrogen-bond acceptors (Lipinski definition) is 3. The van der Waals surface area contributed by atoms with E-state index in [-0.39, 0.29) is 12.0 Å². The molecule has 0 radical (unpaired) electrons. The van der Waals surface area contributed by atoms with Crippen molar-refractivity contribution in [2.45, 2.75) is 46.1 Å². The minimum absolute atomic E-state index is 0.0476. The fraction of sp³-hybridized carbons (Fsp3) is 0.409. The lowest BCUT2D eigenvalue weighted by Crippen LogP contribution is -2.26. The molecule has 0 fully saturated rings. The number of aryl methyl sites for hydroxylation is 2. The maximum absolute atomic E-state index is 12.1. The van der Waals surface area contributed by atoms with Gasteiger partial charge in [0.2, 0.25) is 5.91 Å². The van der Waals surface area contributed by atoms with E-state index in [2.05, 4.69) is 17.4 Å². The average Bonchev–Trinajstić information content (AvgIpc) is 2.59. The first-order valence-electron chi connectivity index (χ1n) is 9.13. The Hall–Kier alpha value is -2.49. The molecule has 26 heavy (non-hydrogen) atoms. The number of nitrogens with one attached hydrogen (secondary N) is 1. The summed E-state index contributed by atoms with van der Waals surface area (Å²) < 4.78 is 11.0. The summed E-state index contributed by atoms with van der Waals surface area (Å²) in [5.41, 5.74) is 3.27. The molecule has 0 atom stereocenters. The van der Waals surface area contributed by atoms with Crippen LogP contribution in [0.1, 0.15) is 37.0 Å². The zero-order chi connectivity index (χ0) is 18.9. The van der Waals surface area contributed by atoms with Crippen molar-refractivity contribution in [3.63, 3.8) is 0 Å². The monoisotopic (exact) mass is 355 g/mol. The van der Waals surface area contributed by atoms with Gasteiger partial charge in [0.05, 0.1) is 19.6 Å². The summed E-state index contributed by atoms with van der Waals surface area (Å²) in [6.07, 6.45) is 2.38. The standard InChI is InChI=1S/C22H29NO3/c1-16(2)26-20-9-5-7-18(14-20)8-6-12-23-22(24)15-19-10-11-21(25-4)17(3)13-19/h5,7,9-11,13-14,16H,6,8,12,15H2,1-4H3,(H,23,24). The zero-order valence-corrected chi connectivity index (χ0v) is 16.2. The largest absolute Gasteiger partial charge is 0.496 e. The highest BCUT2D eigenvalue weighted by Gasteiger charge is 2.06. The molecule has 1 amide bonds. The second kappa shape index (κ2) is 9.85. The van der Waals surface area contributed by atoms with Crippen LogP contribution in [0.5, 0.6) is 11.5 Å². The molecule has 0 heterocycles. The van der Waals surface area contributed by atoms with Crippen molar-refractivity contribution in [1.82, 2.24) is 5.32 Å². The van der Waals surface area contributed by atoms with E-state index in [1.807, 2.05) is 51.1 Å². The van der Waals surface area contributed by atoms with Crippen LogP contribution >= 0.6 is 0 Å².